The number of aromatic amines is 1. The second-order valence-corrected chi connectivity index (χ2v) is 4.84. The number of methoxy groups -OCH3 is 1. The first-order chi connectivity index (χ1) is 10.6. The van der Waals surface area contributed by atoms with Crippen LogP contribution in [0.1, 0.15) is 0 Å². The summed E-state index contributed by atoms with van der Waals surface area (Å²) in [7, 11) is 1.41. The van der Waals surface area contributed by atoms with Gasteiger partial charge in [0.25, 0.3) is 0 Å². The SMILES string of the molecule is C=CCOc1ccc2[nH]c3cc(OC)c(O)c(=O)c-3cc2c1. The van der Waals surface area contributed by atoms with Crippen molar-refractivity contribution in [3.63, 3.8) is 0 Å². The van der Waals surface area contributed by atoms with Crippen molar-refractivity contribution >= 4 is 10.9 Å². The Labute approximate surface area is 126 Å². The number of fused-ring (bicyclic) bond motifs is 2. The van der Waals surface area contributed by atoms with Gasteiger partial charge in [0, 0.05) is 17.0 Å². The van der Waals surface area contributed by atoms with Gasteiger partial charge in [0.2, 0.25) is 11.2 Å². The summed E-state index contributed by atoms with van der Waals surface area (Å²) in [4.78, 5) is 15.4. The zero-order chi connectivity index (χ0) is 15.7. The summed E-state index contributed by atoms with van der Waals surface area (Å²) < 4.78 is 10.5. The minimum Gasteiger partial charge on any atom is -0.502 e. The lowest BCUT2D eigenvalue weighted by Crippen LogP contribution is -2.08. The van der Waals surface area contributed by atoms with E-state index in [4.69, 9.17) is 9.47 Å². The average Bonchev–Trinajstić information content (AvgIpc) is 2.54. The quantitative estimate of drug-likeness (QED) is 0.574. The van der Waals surface area contributed by atoms with Gasteiger partial charge in [0.05, 0.1) is 18.4 Å². The van der Waals surface area contributed by atoms with Crippen LogP contribution in [0.3, 0.4) is 0 Å². The van der Waals surface area contributed by atoms with E-state index in [-0.39, 0.29) is 11.5 Å². The molecule has 3 rings (SSSR count). The molecular formula is C17H15NO4. The zero-order valence-electron chi connectivity index (χ0n) is 12.1. The maximum Gasteiger partial charge on any atom is 0.233 e. The summed E-state index contributed by atoms with van der Waals surface area (Å²) in [6.07, 6.45) is 1.66. The van der Waals surface area contributed by atoms with Gasteiger partial charge in [-0.3, -0.25) is 4.79 Å². The van der Waals surface area contributed by atoms with Crippen molar-refractivity contribution in [1.82, 2.24) is 4.98 Å². The van der Waals surface area contributed by atoms with E-state index in [1.54, 1.807) is 18.2 Å². The van der Waals surface area contributed by atoms with Gasteiger partial charge in [-0.05, 0) is 24.3 Å². The Bertz CT molecular complexity index is 882. The third kappa shape index (κ3) is 2.26. The molecule has 5 heteroatoms. The molecule has 112 valence electrons. The number of hydrogen-bond donors (Lipinski definition) is 2. The molecule has 1 aliphatic heterocycles. The number of ether oxygens (including phenoxy) is 2. The molecule has 1 aliphatic carbocycles. The first-order valence-corrected chi connectivity index (χ1v) is 6.74. The fourth-order valence-corrected chi connectivity index (χ4v) is 2.36. The van der Waals surface area contributed by atoms with Crippen molar-refractivity contribution < 1.29 is 14.6 Å². The second-order valence-electron chi connectivity index (χ2n) is 4.84. The molecule has 2 N–H and O–H groups in total. The maximum absolute atomic E-state index is 12.2. The van der Waals surface area contributed by atoms with Gasteiger partial charge in [0.1, 0.15) is 12.4 Å². The number of H-pyrrole nitrogens is 1. The Hall–Kier alpha value is -2.95. The monoisotopic (exact) mass is 297 g/mol. The lowest BCUT2D eigenvalue weighted by atomic mass is 10.0. The smallest absolute Gasteiger partial charge is 0.233 e. The number of phenols is 1. The lowest BCUT2D eigenvalue weighted by Gasteiger charge is -2.12. The van der Waals surface area contributed by atoms with Gasteiger partial charge in [0.15, 0.2) is 5.75 Å². The normalized spacial score (nSPS) is 10.8. The summed E-state index contributed by atoms with van der Waals surface area (Å²) in [5, 5.41) is 10.7. The van der Waals surface area contributed by atoms with Crippen LogP contribution in [0.25, 0.3) is 22.2 Å². The van der Waals surface area contributed by atoms with E-state index in [0.717, 1.165) is 10.9 Å². The Morgan fingerprint density at radius 1 is 1.32 bits per heavy atom. The van der Waals surface area contributed by atoms with Crippen molar-refractivity contribution in [2.24, 2.45) is 0 Å². The lowest BCUT2D eigenvalue weighted by molar-refractivity contribution is 0.364. The number of nitrogens with one attached hydrogen (secondary N) is 1. The molecule has 0 saturated carbocycles. The van der Waals surface area contributed by atoms with Gasteiger partial charge in [-0.25, -0.2) is 0 Å². The van der Waals surface area contributed by atoms with Crippen LogP contribution in [0.2, 0.25) is 0 Å². The molecule has 5 nitrogen and oxygen atoms in total. The van der Waals surface area contributed by atoms with Crippen molar-refractivity contribution in [2.75, 3.05) is 13.7 Å². The zero-order valence-corrected chi connectivity index (χ0v) is 12.1. The molecular weight excluding hydrogens is 282 g/mol. The van der Waals surface area contributed by atoms with Crippen LogP contribution >= 0.6 is 0 Å². The summed E-state index contributed by atoms with van der Waals surface area (Å²) in [5.41, 5.74) is 1.38. The molecule has 1 aromatic carbocycles. The minimum absolute atomic E-state index is 0.152. The molecule has 0 saturated heterocycles. The highest BCUT2D eigenvalue weighted by Gasteiger charge is 2.16. The number of benzene rings is 2. The number of hydrogen-bond acceptors (Lipinski definition) is 4. The number of aromatic hydroxyl groups is 1. The molecule has 0 spiro atoms. The molecule has 0 unspecified atom stereocenters. The molecule has 2 aliphatic rings. The predicted molar refractivity (Wildman–Crippen MR) is 85.1 cm³/mol. The highest BCUT2D eigenvalue weighted by Crippen LogP contribution is 2.32. The van der Waals surface area contributed by atoms with Crippen molar-refractivity contribution in [3.8, 4) is 28.5 Å². The molecule has 0 amide bonds. The summed E-state index contributed by atoms with van der Waals surface area (Å²) in [6, 6.07) is 8.87. The Morgan fingerprint density at radius 3 is 2.86 bits per heavy atom. The van der Waals surface area contributed by atoms with E-state index in [0.29, 0.717) is 23.6 Å². The number of phenolic OH excluding ortho intramolecular Hbond substituents is 1. The third-order valence-corrected chi connectivity index (χ3v) is 3.44. The third-order valence-electron chi connectivity index (χ3n) is 3.44. The predicted octanol–water partition coefficient (Wildman–Crippen LogP) is 2.91. The van der Waals surface area contributed by atoms with Crippen molar-refractivity contribution in [3.05, 3.63) is 53.2 Å². The highest BCUT2D eigenvalue weighted by molar-refractivity contribution is 5.87. The Morgan fingerprint density at radius 2 is 2.14 bits per heavy atom. The number of pyridine rings is 1. The Balaban J connectivity index is 2.23. The molecule has 0 bridgehead atoms. The summed E-state index contributed by atoms with van der Waals surface area (Å²) in [5.74, 6) is 0.450. The summed E-state index contributed by atoms with van der Waals surface area (Å²) in [6.45, 7) is 4.01. The van der Waals surface area contributed by atoms with E-state index >= 15 is 0 Å². The van der Waals surface area contributed by atoms with Crippen LogP contribution in [0.5, 0.6) is 17.2 Å². The van der Waals surface area contributed by atoms with E-state index < -0.39 is 5.43 Å². The molecule has 0 aromatic heterocycles. The fourth-order valence-electron chi connectivity index (χ4n) is 2.36. The van der Waals surface area contributed by atoms with Gasteiger partial charge in [-0.1, -0.05) is 12.7 Å². The van der Waals surface area contributed by atoms with Gasteiger partial charge in [-0.15, -0.1) is 0 Å². The van der Waals surface area contributed by atoms with E-state index in [2.05, 4.69) is 11.6 Å². The van der Waals surface area contributed by atoms with Crippen LogP contribution in [0.15, 0.2) is 47.8 Å². The van der Waals surface area contributed by atoms with E-state index in [1.807, 2.05) is 18.2 Å². The maximum atomic E-state index is 12.2. The van der Waals surface area contributed by atoms with Crippen LogP contribution in [0.4, 0.5) is 0 Å². The summed E-state index contributed by atoms with van der Waals surface area (Å²) >= 11 is 0. The molecule has 0 atom stereocenters. The number of aromatic nitrogens is 1. The van der Waals surface area contributed by atoms with Gasteiger partial charge >= 0.3 is 0 Å². The van der Waals surface area contributed by atoms with Crippen LogP contribution < -0.4 is 14.9 Å². The molecule has 0 radical (unpaired) electrons. The second kappa shape index (κ2) is 5.44. The first kappa shape index (κ1) is 14.0. The molecule has 1 heterocycles. The van der Waals surface area contributed by atoms with E-state index in [9.17, 15) is 9.90 Å². The molecule has 22 heavy (non-hydrogen) atoms. The van der Waals surface area contributed by atoms with Crippen LogP contribution in [-0.2, 0) is 0 Å². The standard InChI is InChI=1S/C17H15NO4/c1-3-6-22-11-4-5-13-10(7-11)8-12-14(18-13)9-15(21-2)17(20)16(12)19/h3-5,7-9,18,20H,1,6H2,2H3. The van der Waals surface area contributed by atoms with Crippen LogP contribution in [-0.4, -0.2) is 23.8 Å². The van der Waals surface area contributed by atoms with Gasteiger partial charge < -0.3 is 19.6 Å². The Kier molecular flexibility index (Phi) is 3.47. The highest BCUT2D eigenvalue weighted by atomic mass is 16.5. The topological polar surface area (TPSA) is 71.6 Å². The average molecular weight is 297 g/mol. The van der Waals surface area contributed by atoms with E-state index in [1.165, 1.54) is 7.11 Å². The number of rotatable bonds is 4. The van der Waals surface area contributed by atoms with Crippen molar-refractivity contribution in [2.45, 2.75) is 0 Å². The molecule has 0 fully saturated rings. The molecule has 1 aromatic rings. The minimum atomic E-state index is -0.468. The fraction of sp³-hybridized carbons (Fsp3) is 0.118. The largest absolute Gasteiger partial charge is 0.502 e. The van der Waals surface area contributed by atoms with Crippen LogP contribution in [0, 0.1) is 0 Å². The van der Waals surface area contributed by atoms with Crippen molar-refractivity contribution in [1.29, 1.82) is 0 Å². The first-order valence-electron chi connectivity index (χ1n) is 6.74. The van der Waals surface area contributed by atoms with Gasteiger partial charge in [-0.2, -0.15) is 0 Å².